The zero-order valence-corrected chi connectivity index (χ0v) is 28.6. The molecule has 0 saturated heterocycles. The van der Waals surface area contributed by atoms with E-state index in [0.717, 1.165) is 59.3 Å². The SMILES string of the molecule is O=C([C@@H](O)[C@@H](O)[C@H](O)[C@@H](O)CO)N(CCO)CCCCc1cc(Cl)c(COC2(c3cnccc3-c3ccccc3OC3CC3)CC2)cc1Cl. The van der Waals surface area contributed by atoms with Crippen molar-refractivity contribution in [3.8, 4) is 16.9 Å². The van der Waals surface area contributed by atoms with Crippen LogP contribution in [0.5, 0.6) is 5.75 Å². The lowest BCUT2D eigenvalue weighted by molar-refractivity contribution is -0.158. The van der Waals surface area contributed by atoms with Crippen LogP contribution in [0.15, 0.2) is 54.9 Å². The van der Waals surface area contributed by atoms with Gasteiger partial charge in [0.05, 0.1) is 31.5 Å². The van der Waals surface area contributed by atoms with Gasteiger partial charge in [-0.05, 0) is 85.9 Å². The number of carbonyl (C=O) groups excluding carboxylic acids is 1. The van der Waals surface area contributed by atoms with Crippen LogP contribution in [0.2, 0.25) is 10.0 Å². The van der Waals surface area contributed by atoms with Crippen molar-refractivity contribution in [2.45, 2.75) is 87.7 Å². The van der Waals surface area contributed by atoms with Crippen LogP contribution in [0.1, 0.15) is 55.2 Å². The number of hydrogen-bond donors (Lipinski definition) is 6. The van der Waals surface area contributed by atoms with Crippen molar-refractivity contribution >= 4 is 29.1 Å². The number of hydrogen-bond acceptors (Lipinski definition) is 10. The first-order valence-electron chi connectivity index (χ1n) is 16.6. The topological polar surface area (TPSA) is 173 Å². The fourth-order valence-corrected chi connectivity index (χ4v) is 6.35. The van der Waals surface area contributed by atoms with Gasteiger partial charge in [0.2, 0.25) is 0 Å². The number of aryl methyl sites for hydroxylation is 1. The van der Waals surface area contributed by atoms with E-state index in [0.29, 0.717) is 29.3 Å². The summed E-state index contributed by atoms with van der Waals surface area (Å²) in [5.41, 5.74) is 4.13. The van der Waals surface area contributed by atoms with Crippen molar-refractivity contribution in [2.24, 2.45) is 0 Å². The number of halogens is 2. The summed E-state index contributed by atoms with van der Waals surface area (Å²) in [4.78, 5) is 18.3. The Morgan fingerprint density at radius 2 is 1.65 bits per heavy atom. The lowest BCUT2D eigenvalue weighted by Crippen LogP contribution is -2.53. The Balaban J connectivity index is 1.18. The molecular formula is C36H44Cl2N2O9. The Kier molecular flexibility index (Phi) is 12.9. The molecule has 0 radical (unpaired) electrons. The maximum absolute atomic E-state index is 12.8. The summed E-state index contributed by atoms with van der Waals surface area (Å²) in [6.45, 7) is -0.949. The normalized spacial score (nSPS) is 17.6. The number of nitrogens with zero attached hydrogens (tertiary/aromatic N) is 2. The van der Waals surface area contributed by atoms with E-state index >= 15 is 0 Å². The van der Waals surface area contributed by atoms with Crippen molar-refractivity contribution in [1.82, 2.24) is 9.88 Å². The van der Waals surface area contributed by atoms with Gasteiger partial charge in [0.15, 0.2) is 6.10 Å². The first kappa shape index (κ1) is 37.4. The lowest BCUT2D eigenvalue weighted by atomic mass is 9.96. The summed E-state index contributed by atoms with van der Waals surface area (Å²) in [7, 11) is 0. The number of aliphatic hydroxyl groups excluding tert-OH is 6. The smallest absolute Gasteiger partial charge is 0.254 e. The molecule has 1 aromatic heterocycles. The predicted octanol–water partition coefficient (Wildman–Crippen LogP) is 3.38. The van der Waals surface area contributed by atoms with E-state index in [9.17, 15) is 30.3 Å². The summed E-state index contributed by atoms with van der Waals surface area (Å²) in [5, 5.41) is 59.2. The molecule has 2 aromatic carbocycles. The molecule has 6 N–H and O–H groups in total. The number of aliphatic hydroxyl groups is 6. The standard InChI is InChI=1S/C36H44Cl2N2O9/c37-28-18-23(21-48-36(11-12-36)27-19-39-13-10-25(27)26-6-1-2-7-31(26)49-24-8-9-24)29(38)17-22(28)5-3-4-14-40(15-16-41)35(47)34(46)33(45)32(44)30(43)20-42/h1-2,6-7,10,13,17-19,24,30,32-34,41-46H,3-5,8-9,11-12,14-16,20-21H2/t30-,32+,33-,34-/m0/s1. The number of ether oxygens (including phenoxy) is 2. The highest BCUT2D eigenvalue weighted by Crippen LogP contribution is 2.53. The van der Waals surface area contributed by atoms with Crippen LogP contribution >= 0.6 is 23.2 Å². The second-order valence-corrected chi connectivity index (χ2v) is 13.5. The highest BCUT2D eigenvalue weighted by Gasteiger charge is 2.48. The van der Waals surface area contributed by atoms with Crippen LogP contribution in [0, 0.1) is 0 Å². The number of aromatic nitrogens is 1. The fourth-order valence-electron chi connectivity index (χ4n) is 5.83. The van der Waals surface area contributed by atoms with Crippen molar-refractivity contribution in [1.29, 1.82) is 0 Å². The van der Waals surface area contributed by atoms with E-state index in [1.54, 1.807) is 6.20 Å². The predicted molar refractivity (Wildman–Crippen MR) is 183 cm³/mol. The summed E-state index contributed by atoms with van der Waals surface area (Å²) < 4.78 is 12.8. The van der Waals surface area contributed by atoms with E-state index in [1.165, 1.54) is 4.90 Å². The van der Waals surface area contributed by atoms with Gasteiger partial charge in [-0.1, -0.05) is 41.4 Å². The molecule has 0 aliphatic heterocycles. The van der Waals surface area contributed by atoms with E-state index in [-0.39, 0.29) is 32.4 Å². The number of benzene rings is 2. The largest absolute Gasteiger partial charge is 0.490 e. The molecule has 5 rings (SSSR count). The number of amides is 1. The quantitative estimate of drug-likeness (QED) is 0.101. The molecule has 4 atom stereocenters. The fraction of sp³-hybridized carbons (Fsp3) is 0.500. The van der Waals surface area contributed by atoms with E-state index in [4.69, 9.17) is 37.8 Å². The minimum Gasteiger partial charge on any atom is -0.490 e. The molecule has 3 aromatic rings. The Morgan fingerprint density at radius 1 is 0.939 bits per heavy atom. The van der Waals surface area contributed by atoms with Crippen molar-refractivity contribution in [2.75, 3.05) is 26.3 Å². The molecular weight excluding hydrogens is 675 g/mol. The molecule has 49 heavy (non-hydrogen) atoms. The third-order valence-electron chi connectivity index (χ3n) is 9.04. The zero-order valence-electron chi connectivity index (χ0n) is 27.1. The second-order valence-electron chi connectivity index (χ2n) is 12.7. The second kappa shape index (κ2) is 16.9. The molecule has 0 bridgehead atoms. The number of unbranched alkanes of at least 4 members (excludes halogenated alkanes) is 1. The lowest BCUT2D eigenvalue weighted by Gasteiger charge is -2.29. The highest BCUT2D eigenvalue weighted by atomic mass is 35.5. The highest BCUT2D eigenvalue weighted by molar-refractivity contribution is 6.34. The van der Waals surface area contributed by atoms with Crippen LogP contribution in [0.3, 0.4) is 0 Å². The Hall–Kier alpha value is -2.84. The van der Waals surface area contributed by atoms with Gasteiger partial charge >= 0.3 is 0 Å². The summed E-state index contributed by atoms with van der Waals surface area (Å²) in [6.07, 6.45) is 1.61. The van der Waals surface area contributed by atoms with Gasteiger partial charge in [-0.25, -0.2) is 0 Å². The van der Waals surface area contributed by atoms with Crippen LogP contribution in [-0.2, 0) is 28.2 Å². The molecule has 2 aliphatic rings. The number of rotatable bonds is 19. The number of pyridine rings is 1. The van der Waals surface area contributed by atoms with Crippen LogP contribution in [-0.4, -0.2) is 103 Å². The van der Waals surface area contributed by atoms with E-state index < -0.39 is 42.5 Å². The van der Waals surface area contributed by atoms with E-state index in [1.807, 2.05) is 42.6 Å². The maximum atomic E-state index is 12.8. The van der Waals surface area contributed by atoms with Gasteiger partial charge in [-0.3, -0.25) is 9.78 Å². The third-order valence-corrected chi connectivity index (χ3v) is 9.75. The third kappa shape index (κ3) is 9.29. The molecule has 266 valence electrons. The minimum atomic E-state index is -2.05. The van der Waals surface area contributed by atoms with Crippen LogP contribution in [0.4, 0.5) is 0 Å². The van der Waals surface area contributed by atoms with Gasteiger partial charge in [-0.2, -0.15) is 0 Å². The molecule has 1 heterocycles. The molecule has 0 spiro atoms. The molecule has 13 heteroatoms. The van der Waals surface area contributed by atoms with Gasteiger partial charge in [-0.15, -0.1) is 0 Å². The van der Waals surface area contributed by atoms with Crippen molar-refractivity contribution < 1.29 is 44.9 Å². The van der Waals surface area contributed by atoms with Crippen molar-refractivity contribution in [3.05, 3.63) is 81.6 Å². The molecule has 2 fully saturated rings. The minimum absolute atomic E-state index is 0.106. The van der Waals surface area contributed by atoms with Crippen LogP contribution in [0.25, 0.3) is 11.1 Å². The Labute approximate surface area is 295 Å². The number of para-hydroxylation sites is 1. The molecule has 0 unspecified atom stereocenters. The number of carbonyl (C=O) groups is 1. The molecule has 11 nitrogen and oxygen atoms in total. The first-order valence-corrected chi connectivity index (χ1v) is 17.4. The molecule has 2 aliphatic carbocycles. The molecule has 2 saturated carbocycles. The Bertz CT molecular complexity index is 1570. The maximum Gasteiger partial charge on any atom is 0.254 e. The first-order chi connectivity index (χ1) is 23.6. The van der Waals surface area contributed by atoms with Gasteiger partial charge in [0.1, 0.15) is 24.1 Å². The van der Waals surface area contributed by atoms with E-state index in [2.05, 4.69) is 11.1 Å². The van der Waals surface area contributed by atoms with Gasteiger partial charge in [0, 0.05) is 46.7 Å². The monoisotopic (exact) mass is 718 g/mol. The average Bonchev–Trinajstić information content (AvgIpc) is 4.06. The summed E-state index contributed by atoms with van der Waals surface area (Å²) in [6, 6.07) is 13.7. The molecule has 1 amide bonds. The summed E-state index contributed by atoms with van der Waals surface area (Å²) in [5.74, 6) is -0.0589. The van der Waals surface area contributed by atoms with Gasteiger partial charge in [0.25, 0.3) is 5.91 Å². The van der Waals surface area contributed by atoms with Gasteiger partial charge < -0.3 is 45.0 Å². The van der Waals surface area contributed by atoms with Crippen LogP contribution < -0.4 is 4.74 Å². The summed E-state index contributed by atoms with van der Waals surface area (Å²) >= 11 is 13.4. The van der Waals surface area contributed by atoms with Crippen molar-refractivity contribution in [3.63, 3.8) is 0 Å². The average molecular weight is 720 g/mol. The Morgan fingerprint density at radius 3 is 2.35 bits per heavy atom. The zero-order chi connectivity index (χ0) is 35.1.